The average molecular weight is 384 g/mol. The number of rotatable bonds is 5. The molecule has 0 radical (unpaired) electrons. The van der Waals surface area contributed by atoms with Crippen LogP contribution in [-0.2, 0) is 9.53 Å². The van der Waals surface area contributed by atoms with Crippen molar-refractivity contribution in [2.24, 2.45) is 0 Å². The molecule has 0 saturated carbocycles. The van der Waals surface area contributed by atoms with E-state index in [1.54, 1.807) is 24.3 Å². The molecule has 1 aliphatic rings. The second kappa shape index (κ2) is 8.73. The van der Waals surface area contributed by atoms with Crippen LogP contribution >= 0.6 is 0 Å². The highest BCUT2D eigenvalue weighted by molar-refractivity contribution is 6.02. The Morgan fingerprint density at radius 3 is 2.39 bits per heavy atom. The predicted molar refractivity (Wildman–Crippen MR) is 103 cm³/mol. The van der Waals surface area contributed by atoms with Crippen molar-refractivity contribution in [1.82, 2.24) is 4.90 Å². The third-order valence-corrected chi connectivity index (χ3v) is 4.93. The summed E-state index contributed by atoms with van der Waals surface area (Å²) in [5.41, 5.74) is 0.827. The Morgan fingerprint density at radius 2 is 1.79 bits per heavy atom. The Morgan fingerprint density at radius 1 is 1.11 bits per heavy atom. The highest BCUT2D eigenvalue weighted by Crippen LogP contribution is 2.22. The zero-order valence-electron chi connectivity index (χ0n) is 16.0. The van der Waals surface area contributed by atoms with Gasteiger partial charge in [-0.15, -0.1) is 0 Å². The Kier molecular flexibility index (Phi) is 6.13. The molecule has 2 atom stereocenters. The molecule has 0 aliphatic carbocycles. The van der Waals surface area contributed by atoms with Gasteiger partial charge in [-0.05, 0) is 69.5 Å². The summed E-state index contributed by atoms with van der Waals surface area (Å²) < 4.78 is 10.2. The number of carbonyl (C=O) groups is 3. The van der Waals surface area contributed by atoms with Crippen LogP contribution in [-0.4, -0.2) is 41.4 Å². The summed E-state index contributed by atoms with van der Waals surface area (Å²) in [7, 11) is 0. The van der Waals surface area contributed by atoms with E-state index >= 15 is 0 Å². The van der Waals surface area contributed by atoms with Crippen LogP contribution < -0.4 is 5.32 Å². The van der Waals surface area contributed by atoms with Crippen molar-refractivity contribution in [1.29, 1.82) is 0 Å². The molecule has 1 N–H and O–H groups in total. The van der Waals surface area contributed by atoms with Gasteiger partial charge in [0.15, 0.2) is 12.4 Å². The standard InChI is InChI=1S/C21H24N2O5/c1-14-5-3-6-15(2)23(14)19(24)13-28-21(26)16-8-10-17(11-9-16)22-20(25)18-7-4-12-27-18/h4,7-12,14-15H,3,5-6,13H2,1-2H3,(H,22,25)/t14-,15-/m1/s1. The zero-order chi connectivity index (χ0) is 20.1. The lowest BCUT2D eigenvalue weighted by atomic mass is 9.97. The molecule has 1 saturated heterocycles. The number of furan rings is 1. The maximum atomic E-state index is 12.4. The van der Waals surface area contributed by atoms with Crippen LogP contribution in [0.5, 0.6) is 0 Å². The second-order valence-electron chi connectivity index (χ2n) is 7.01. The van der Waals surface area contributed by atoms with Gasteiger partial charge in [0.1, 0.15) is 0 Å². The smallest absolute Gasteiger partial charge is 0.338 e. The van der Waals surface area contributed by atoms with Crippen molar-refractivity contribution in [3.8, 4) is 0 Å². The van der Waals surface area contributed by atoms with Crippen LogP contribution in [0, 0.1) is 0 Å². The summed E-state index contributed by atoms with van der Waals surface area (Å²) in [6.07, 6.45) is 4.46. The summed E-state index contributed by atoms with van der Waals surface area (Å²) in [6.45, 7) is 3.76. The molecule has 2 amide bonds. The van der Waals surface area contributed by atoms with Gasteiger partial charge in [-0.2, -0.15) is 0 Å². The lowest BCUT2D eigenvalue weighted by Gasteiger charge is -2.38. The molecule has 0 bridgehead atoms. The van der Waals surface area contributed by atoms with Gasteiger partial charge in [0.2, 0.25) is 0 Å². The molecule has 148 valence electrons. The van der Waals surface area contributed by atoms with Gasteiger partial charge in [0.05, 0.1) is 11.8 Å². The fourth-order valence-corrected chi connectivity index (χ4v) is 3.49. The fourth-order valence-electron chi connectivity index (χ4n) is 3.49. The number of esters is 1. The number of anilines is 1. The number of ether oxygens (including phenoxy) is 1. The zero-order valence-corrected chi connectivity index (χ0v) is 16.0. The molecule has 28 heavy (non-hydrogen) atoms. The summed E-state index contributed by atoms with van der Waals surface area (Å²) >= 11 is 0. The lowest BCUT2D eigenvalue weighted by molar-refractivity contribution is -0.140. The van der Waals surface area contributed by atoms with E-state index in [1.165, 1.54) is 18.4 Å². The van der Waals surface area contributed by atoms with Crippen LogP contribution in [0.15, 0.2) is 47.1 Å². The topological polar surface area (TPSA) is 88.9 Å². The van der Waals surface area contributed by atoms with Gasteiger partial charge in [-0.25, -0.2) is 4.79 Å². The van der Waals surface area contributed by atoms with E-state index < -0.39 is 5.97 Å². The van der Waals surface area contributed by atoms with E-state index in [9.17, 15) is 14.4 Å². The van der Waals surface area contributed by atoms with Crippen molar-refractivity contribution >= 4 is 23.5 Å². The maximum absolute atomic E-state index is 12.4. The third kappa shape index (κ3) is 4.60. The number of hydrogen-bond acceptors (Lipinski definition) is 5. The Balaban J connectivity index is 1.53. The van der Waals surface area contributed by atoms with Crippen LogP contribution in [0.25, 0.3) is 0 Å². The normalized spacial score (nSPS) is 19.1. The molecule has 1 aromatic heterocycles. The molecule has 0 spiro atoms. The maximum Gasteiger partial charge on any atom is 0.338 e. The highest BCUT2D eigenvalue weighted by Gasteiger charge is 2.29. The van der Waals surface area contributed by atoms with E-state index in [1.807, 2.05) is 18.7 Å². The van der Waals surface area contributed by atoms with Crippen LogP contribution in [0.3, 0.4) is 0 Å². The minimum atomic E-state index is -0.574. The van der Waals surface area contributed by atoms with Gasteiger partial charge < -0.3 is 19.4 Å². The number of amides is 2. The van der Waals surface area contributed by atoms with Crippen molar-refractivity contribution < 1.29 is 23.5 Å². The molecule has 2 aromatic rings. The van der Waals surface area contributed by atoms with E-state index in [0.29, 0.717) is 11.3 Å². The number of benzene rings is 1. The van der Waals surface area contributed by atoms with Gasteiger partial charge in [0, 0.05) is 17.8 Å². The quantitative estimate of drug-likeness (QED) is 0.797. The molecule has 0 unspecified atom stereocenters. The molecule has 7 nitrogen and oxygen atoms in total. The number of nitrogens with zero attached hydrogens (tertiary/aromatic N) is 1. The molecule has 3 rings (SSSR count). The predicted octanol–water partition coefficient (Wildman–Crippen LogP) is 3.48. The molecule has 1 aromatic carbocycles. The van der Waals surface area contributed by atoms with Crippen molar-refractivity contribution in [3.05, 3.63) is 54.0 Å². The molecule has 1 aliphatic heterocycles. The minimum Gasteiger partial charge on any atom is -0.459 e. The first-order valence-electron chi connectivity index (χ1n) is 9.39. The van der Waals surface area contributed by atoms with E-state index in [0.717, 1.165) is 19.3 Å². The van der Waals surface area contributed by atoms with Crippen molar-refractivity contribution in [2.75, 3.05) is 11.9 Å². The van der Waals surface area contributed by atoms with E-state index in [4.69, 9.17) is 9.15 Å². The highest BCUT2D eigenvalue weighted by atomic mass is 16.5. The van der Waals surface area contributed by atoms with Crippen molar-refractivity contribution in [3.63, 3.8) is 0 Å². The van der Waals surface area contributed by atoms with E-state index in [2.05, 4.69) is 5.32 Å². The summed E-state index contributed by atoms with van der Waals surface area (Å²) in [5, 5.41) is 2.67. The first kappa shape index (κ1) is 19.7. The largest absolute Gasteiger partial charge is 0.459 e. The lowest BCUT2D eigenvalue weighted by Crippen LogP contribution is -2.49. The SMILES string of the molecule is C[C@@H]1CCC[C@@H](C)N1C(=O)COC(=O)c1ccc(NC(=O)c2ccco2)cc1. The summed E-state index contributed by atoms with van der Waals surface area (Å²) in [5.74, 6) is -0.927. The van der Waals surface area contributed by atoms with Gasteiger partial charge in [-0.1, -0.05) is 0 Å². The fraction of sp³-hybridized carbons (Fsp3) is 0.381. The Hall–Kier alpha value is -3.09. The molecule has 1 fully saturated rings. The molecular formula is C21H24N2O5. The Labute approximate surface area is 163 Å². The number of piperidine rings is 1. The Bertz CT molecular complexity index is 819. The minimum absolute atomic E-state index is 0.159. The number of carbonyl (C=O) groups excluding carboxylic acids is 3. The van der Waals surface area contributed by atoms with Crippen molar-refractivity contribution in [2.45, 2.75) is 45.2 Å². The third-order valence-electron chi connectivity index (χ3n) is 4.93. The number of hydrogen-bond donors (Lipinski definition) is 1. The van der Waals surface area contributed by atoms with Crippen LogP contribution in [0.4, 0.5) is 5.69 Å². The first-order valence-corrected chi connectivity index (χ1v) is 9.39. The summed E-state index contributed by atoms with van der Waals surface area (Å²) in [6, 6.07) is 9.76. The number of likely N-dealkylation sites (tertiary alicyclic amines) is 1. The monoisotopic (exact) mass is 384 g/mol. The second-order valence-corrected chi connectivity index (χ2v) is 7.01. The van der Waals surface area contributed by atoms with Gasteiger partial charge in [-0.3, -0.25) is 9.59 Å². The molecule has 7 heteroatoms. The van der Waals surface area contributed by atoms with Gasteiger partial charge >= 0.3 is 5.97 Å². The molecular weight excluding hydrogens is 360 g/mol. The molecule has 2 heterocycles. The first-order chi connectivity index (χ1) is 13.5. The van der Waals surface area contributed by atoms with Gasteiger partial charge in [0.25, 0.3) is 11.8 Å². The van der Waals surface area contributed by atoms with Crippen LogP contribution in [0.2, 0.25) is 0 Å². The average Bonchev–Trinajstić information content (AvgIpc) is 3.21. The summed E-state index contributed by atoms with van der Waals surface area (Å²) in [4.78, 5) is 38.4. The van der Waals surface area contributed by atoms with Crippen LogP contribution in [0.1, 0.15) is 54.0 Å². The van der Waals surface area contributed by atoms with E-state index in [-0.39, 0.29) is 36.3 Å². The number of nitrogens with one attached hydrogen (secondary N) is 1.